The maximum absolute atomic E-state index is 12.9. The summed E-state index contributed by atoms with van der Waals surface area (Å²) in [5, 5.41) is 3.04. The lowest BCUT2D eigenvalue weighted by atomic mass is 9.93. The topological polar surface area (TPSA) is 49.4 Å². The number of nitrogens with zero attached hydrogens (tertiary/aromatic N) is 1. The van der Waals surface area contributed by atoms with Gasteiger partial charge in [0.05, 0.1) is 5.56 Å². The van der Waals surface area contributed by atoms with Crippen LogP contribution < -0.4 is 5.32 Å². The van der Waals surface area contributed by atoms with Gasteiger partial charge in [0.2, 0.25) is 0 Å². The average molecular weight is 427 g/mol. The first kappa shape index (κ1) is 22.0. The molecule has 0 saturated carbocycles. The minimum atomic E-state index is -0.175. The minimum Gasteiger partial charge on any atom is -0.352 e. The van der Waals surface area contributed by atoms with E-state index in [1.54, 1.807) is 36.4 Å². The van der Waals surface area contributed by atoms with Gasteiger partial charge in [-0.2, -0.15) is 0 Å². The van der Waals surface area contributed by atoms with E-state index in [0.29, 0.717) is 29.2 Å². The zero-order valence-corrected chi connectivity index (χ0v) is 18.4. The van der Waals surface area contributed by atoms with Crippen LogP contribution in [0, 0.1) is 5.92 Å². The van der Waals surface area contributed by atoms with E-state index >= 15 is 0 Å². The fourth-order valence-electron chi connectivity index (χ4n) is 4.38. The first-order valence-electron chi connectivity index (χ1n) is 11.4. The van der Waals surface area contributed by atoms with Crippen LogP contribution in [0.5, 0.6) is 0 Å². The summed E-state index contributed by atoms with van der Waals surface area (Å²) in [7, 11) is 0. The van der Waals surface area contributed by atoms with Gasteiger partial charge < -0.3 is 5.32 Å². The summed E-state index contributed by atoms with van der Waals surface area (Å²) >= 11 is 0. The molecule has 0 unspecified atom stereocenters. The molecule has 0 aliphatic carbocycles. The molecule has 1 heterocycles. The highest BCUT2D eigenvalue weighted by Crippen LogP contribution is 2.22. The van der Waals surface area contributed by atoms with Crippen molar-refractivity contribution in [3.05, 3.63) is 107 Å². The molecule has 0 bridgehead atoms. The minimum absolute atomic E-state index is 0.123. The van der Waals surface area contributed by atoms with Crippen molar-refractivity contribution in [1.29, 1.82) is 0 Å². The largest absolute Gasteiger partial charge is 0.352 e. The van der Waals surface area contributed by atoms with Gasteiger partial charge in [-0.3, -0.25) is 14.5 Å². The van der Waals surface area contributed by atoms with Gasteiger partial charge in [-0.05, 0) is 49.9 Å². The Kier molecular flexibility index (Phi) is 7.47. The zero-order valence-electron chi connectivity index (χ0n) is 18.4. The highest BCUT2D eigenvalue weighted by Gasteiger charge is 2.21. The number of amides is 1. The van der Waals surface area contributed by atoms with Crippen molar-refractivity contribution < 1.29 is 9.59 Å². The lowest BCUT2D eigenvalue weighted by Crippen LogP contribution is -2.35. The highest BCUT2D eigenvalue weighted by molar-refractivity contribution is 6.15. The first-order chi connectivity index (χ1) is 15.7. The van der Waals surface area contributed by atoms with Crippen LogP contribution in [0.1, 0.15) is 51.1 Å². The summed E-state index contributed by atoms with van der Waals surface area (Å²) in [6.07, 6.45) is 3.29. The predicted octanol–water partition coefficient (Wildman–Crippen LogP) is 4.95. The second-order valence-corrected chi connectivity index (χ2v) is 8.49. The van der Waals surface area contributed by atoms with Crippen LogP contribution in [-0.4, -0.2) is 36.2 Å². The van der Waals surface area contributed by atoms with Gasteiger partial charge in [0.15, 0.2) is 5.78 Å². The average Bonchev–Trinajstić information content (AvgIpc) is 2.86. The Hall–Kier alpha value is -3.24. The van der Waals surface area contributed by atoms with Gasteiger partial charge in [-0.25, -0.2) is 0 Å². The predicted molar refractivity (Wildman–Crippen MR) is 128 cm³/mol. The van der Waals surface area contributed by atoms with E-state index in [2.05, 4.69) is 40.5 Å². The van der Waals surface area contributed by atoms with Crippen molar-refractivity contribution in [1.82, 2.24) is 10.2 Å². The van der Waals surface area contributed by atoms with Crippen molar-refractivity contribution >= 4 is 11.7 Å². The molecule has 1 aliphatic rings. The van der Waals surface area contributed by atoms with Crippen LogP contribution >= 0.6 is 0 Å². The van der Waals surface area contributed by atoms with E-state index in [1.807, 2.05) is 18.2 Å². The van der Waals surface area contributed by atoms with Crippen molar-refractivity contribution in [2.75, 3.05) is 19.6 Å². The summed E-state index contributed by atoms with van der Waals surface area (Å²) in [5.41, 5.74) is 2.85. The van der Waals surface area contributed by atoms with E-state index in [9.17, 15) is 9.59 Å². The van der Waals surface area contributed by atoms with E-state index in [-0.39, 0.29) is 11.7 Å². The number of hydrogen-bond donors (Lipinski definition) is 1. The van der Waals surface area contributed by atoms with E-state index in [0.717, 1.165) is 38.9 Å². The van der Waals surface area contributed by atoms with Crippen LogP contribution in [0.3, 0.4) is 0 Å². The summed E-state index contributed by atoms with van der Waals surface area (Å²) in [6.45, 7) is 3.84. The molecule has 0 radical (unpaired) electrons. The maximum Gasteiger partial charge on any atom is 0.252 e. The molecule has 1 saturated heterocycles. The number of likely N-dealkylation sites (tertiary alicyclic amines) is 1. The van der Waals surface area contributed by atoms with Gasteiger partial charge in [0.1, 0.15) is 0 Å². The molecule has 1 aliphatic heterocycles. The quantitative estimate of drug-likeness (QED) is 0.519. The third-order valence-corrected chi connectivity index (χ3v) is 6.25. The van der Waals surface area contributed by atoms with Crippen LogP contribution in [0.15, 0.2) is 84.9 Å². The van der Waals surface area contributed by atoms with Crippen molar-refractivity contribution in [2.45, 2.75) is 25.8 Å². The number of hydrogen-bond acceptors (Lipinski definition) is 3. The van der Waals surface area contributed by atoms with Crippen LogP contribution in [0.25, 0.3) is 0 Å². The molecule has 32 heavy (non-hydrogen) atoms. The van der Waals surface area contributed by atoms with Gasteiger partial charge in [0, 0.05) is 24.2 Å². The SMILES string of the molecule is O=C(NCCC1CCN(Cc2ccccc2)CC1)c1ccccc1C(=O)c1ccccc1. The van der Waals surface area contributed by atoms with E-state index in [4.69, 9.17) is 0 Å². The maximum atomic E-state index is 12.9. The Bertz CT molecular complexity index is 1030. The third-order valence-electron chi connectivity index (χ3n) is 6.25. The second-order valence-electron chi connectivity index (χ2n) is 8.49. The summed E-state index contributed by atoms with van der Waals surface area (Å²) in [5.74, 6) is 0.331. The Labute approximate surface area is 190 Å². The van der Waals surface area contributed by atoms with E-state index in [1.165, 1.54) is 5.56 Å². The van der Waals surface area contributed by atoms with Gasteiger partial charge in [0.25, 0.3) is 5.91 Å². The molecule has 0 aromatic heterocycles. The fourth-order valence-corrected chi connectivity index (χ4v) is 4.38. The van der Waals surface area contributed by atoms with Crippen molar-refractivity contribution in [3.8, 4) is 0 Å². The molecular weight excluding hydrogens is 396 g/mol. The zero-order chi connectivity index (χ0) is 22.2. The van der Waals surface area contributed by atoms with Crippen LogP contribution in [0.4, 0.5) is 0 Å². The molecule has 1 fully saturated rings. The molecular formula is C28H30N2O2. The number of carbonyl (C=O) groups is 2. The molecule has 1 amide bonds. The number of carbonyl (C=O) groups excluding carboxylic acids is 2. The molecule has 0 spiro atoms. The lowest BCUT2D eigenvalue weighted by molar-refractivity contribution is 0.0936. The monoisotopic (exact) mass is 426 g/mol. The number of ketones is 1. The molecule has 4 rings (SSSR count). The second kappa shape index (κ2) is 10.9. The fraction of sp³-hybridized carbons (Fsp3) is 0.286. The van der Waals surface area contributed by atoms with Gasteiger partial charge in [-0.1, -0.05) is 78.9 Å². The molecule has 164 valence electrons. The van der Waals surface area contributed by atoms with Gasteiger partial charge in [-0.15, -0.1) is 0 Å². The molecule has 1 N–H and O–H groups in total. The van der Waals surface area contributed by atoms with Crippen molar-refractivity contribution in [3.63, 3.8) is 0 Å². The van der Waals surface area contributed by atoms with Crippen molar-refractivity contribution in [2.24, 2.45) is 5.92 Å². The molecule has 0 atom stereocenters. The molecule has 3 aromatic rings. The Morgan fingerprint density at radius 1 is 0.781 bits per heavy atom. The van der Waals surface area contributed by atoms with E-state index < -0.39 is 0 Å². The lowest BCUT2D eigenvalue weighted by Gasteiger charge is -2.32. The molecule has 4 nitrogen and oxygen atoms in total. The van der Waals surface area contributed by atoms with Gasteiger partial charge >= 0.3 is 0 Å². The number of benzene rings is 3. The van der Waals surface area contributed by atoms with Crippen LogP contribution in [0.2, 0.25) is 0 Å². The summed E-state index contributed by atoms with van der Waals surface area (Å²) in [4.78, 5) is 28.2. The highest BCUT2D eigenvalue weighted by atomic mass is 16.2. The Balaban J connectivity index is 1.26. The first-order valence-corrected chi connectivity index (χ1v) is 11.4. The normalized spacial score (nSPS) is 14.8. The van der Waals surface area contributed by atoms with Crippen LogP contribution in [-0.2, 0) is 6.54 Å². The Morgan fingerprint density at radius 2 is 1.38 bits per heavy atom. The standard InChI is InChI=1S/C28H30N2O2/c31-27(24-11-5-2-6-12-24)25-13-7-8-14-26(25)28(32)29-18-15-22-16-19-30(20-17-22)21-23-9-3-1-4-10-23/h1-14,22H,15-21H2,(H,29,32). The Morgan fingerprint density at radius 3 is 2.06 bits per heavy atom. The molecule has 3 aromatic carbocycles. The number of nitrogens with one attached hydrogen (secondary N) is 1. The summed E-state index contributed by atoms with van der Waals surface area (Å²) < 4.78 is 0. The number of piperidine rings is 1. The molecule has 4 heteroatoms. The number of rotatable bonds is 8. The third kappa shape index (κ3) is 5.71. The summed E-state index contributed by atoms with van der Waals surface area (Å²) in [6, 6.07) is 26.8. The smallest absolute Gasteiger partial charge is 0.252 e.